The maximum absolute atomic E-state index is 11.5. The molecule has 15 heavy (non-hydrogen) atoms. The Labute approximate surface area is 111 Å². The molecule has 0 bridgehead atoms. The number of carbonyl (C=O) groups excluding carboxylic acids is 1. The number of halogens is 1. The van der Waals surface area contributed by atoms with Crippen molar-refractivity contribution in [2.75, 3.05) is 6.54 Å². The third-order valence-corrected chi connectivity index (χ3v) is 1.83. The molecular formula is C10H19ClNO2Zn-. The fourth-order valence-electron chi connectivity index (χ4n) is 1.25. The van der Waals surface area contributed by atoms with Gasteiger partial charge in [-0.05, 0) is 33.7 Å². The second-order valence-corrected chi connectivity index (χ2v) is 4.35. The van der Waals surface area contributed by atoms with Gasteiger partial charge in [-0.3, -0.25) is 0 Å². The molecule has 0 spiro atoms. The average molecular weight is 286 g/mol. The van der Waals surface area contributed by atoms with Crippen molar-refractivity contribution in [1.82, 2.24) is 4.90 Å². The van der Waals surface area contributed by atoms with Gasteiger partial charge in [-0.15, -0.1) is 12.4 Å². The summed E-state index contributed by atoms with van der Waals surface area (Å²) >= 11 is 0. The number of likely N-dealkylation sites (tertiary alicyclic amines) is 1. The number of piperidine rings is 1. The van der Waals surface area contributed by atoms with E-state index in [0.717, 1.165) is 19.4 Å². The molecule has 0 radical (unpaired) electrons. The average Bonchev–Trinajstić information content (AvgIpc) is 2.03. The maximum atomic E-state index is 11.5. The first-order chi connectivity index (χ1) is 5.99. The van der Waals surface area contributed by atoms with Crippen molar-refractivity contribution in [2.24, 2.45) is 0 Å². The molecule has 1 heterocycles. The predicted octanol–water partition coefficient (Wildman–Crippen LogP) is 2.99. The van der Waals surface area contributed by atoms with E-state index in [-0.39, 0.29) is 43.6 Å². The Morgan fingerprint density at radius 1 is 1.33 bits per heavy atom. The number of hydrogen-bond donors (Lipinski definition) is 0. The number of amides is 1. The molecule has 1 aliphatic heterocycles. The largest absolute Gasteiger partial charge is 0.458 e. The molecule has 3 nitrogen and oxygen atoms in total. The Bertz CT molecular complexity index is 188. The Kier molecular flexibility index (Phi) is 8.74. The summed E-state index contributed by atoms with van der Waals surface area (Å²) in [5, 5.41) is 0. The molecule has 0 aliphatic carbocycles. The summed E-state index contributed by atoms with van der Waals surface area (Å²) in [5.41, 5.74) is -0.387. The third-order valence-electron chi connectivity index (χ3n) is 1.83. The van der Waals surface area contributed by atoms with Crippen LogP contribution < -0.4 is 0 Å². The van der Waals surface area contributed by atoms with Gasteiger partial charge in [0.25, 0.3) is 0 Å². The van der Waals surface area contributed by atoms with E-state index in [1.54, 1.807) is 4.90 Å². The van der Waals surface area contributed by atoms with Gasteiger partial charge in [0.15, 0.2) is 0 Å². The van der Waals surface area contributed by atoms with E-state index in [9.17, 15) is 4.79 Å². The van der Waals surface area contributed by atoms with Crippen LogP contribution in [0.1, 0.15) is 40.0 Å². The van der Waals surface area contributed by atoms with Gasteiger partial charge in [-0.25, -0.2) is 11.3 Å². The third kappa shape index (κ3) is 7.13. The van der Waals surface area contributed by atoms with Crippen molar-refractivity contribution < 1.29 is 29.0 Å². The molecule has 0 aromatic carbocycles. The zero-order valence-electron chi connectivity index (χ0n) is 9.78. The molecule has 0 unspecified atom stereocenters. The molecule has 86 valence electrons. The van der Waals surface area contributed by atoms with Crippen molar-refractivity contribution in [3.63, 3.8) is 0 Å². The van der Waals surface area contributed by atoms with Crippen molar-refractivity contribution in [1.29, 1.82) is 0 Å². The molecule has 5 heteroatoms. The molecule has 1 fully saturated rings. The standard InChI is InChI=1S/C10H18NO2.ClH.Zn/c1-10(2,3)13-9(12)11-7-5-4-6-8-11;;/h7H,4-6,8H2,1-3H3;1H;/q-1;;. The normalized spacial score (nSPS) is 16.1. The predicted molar refractivity (Wildman–Crippen MR) is 58.3 cm³/mol. The Morgan fingerprint density at radius 3 is 2.33 bits per heavy atom. The van der Waals surface area contributed by atoms with Gasteiger partial charge in [-0.1, -0.05) is 6.42 Å². The van der Waals surface area contributed by atoms with E-state index < -0.39 is 0 Å². The van der Waals surface area contributed by atoms with Crippen LogP contribution in [0, 0.1) is 6.54 Å². The van der Waals surface area contributed by atoms with Gasteiger partial charge < -0.3 is 9.64 Å². The Morgan fingerprint density at radius 2 is 1.93 bits per heavy atom. The molecular weight excluding hydrogens is 267 g/mol. The van der Waals surface area contributed by atoms with Crippen LogP contribution >= 0.6 is 12.4 Å². The van der Waals surface area contributed by atoms with Crippen LogP contribution in [0.4, 0.5) is 4.79 Å². The summed E-state index contributed by atoms with van der Waals surface area (Å²) in [7, 11) is 0. The zero-order valence-corrected chi connectivity index (χ0v) is 13.6. The van der Waals surface area contributed by atoms with E-state index >= 15 is 0 Å². The summed E-state index contributed by atoms with van der Waals surface area (Å²) < 4.78 is 5.23. The minimum absolute atomic E-state index is 0. The fourth-order valence-corrected chi connectivity index (χ4v) is 1.25. The van der Waals surface area contributed by atoms with Gasteiger partial charge >= 0.3 is 6.09 Å². The van der Waals surface area contributed by atoms with Crippen molar-refractivity contribution >= 4 is 18.5 Å². The minimum atomic E-state index is -0.387. The van der Waals surface area contributed by atoms with E-state index in [1.165, 1.54) is 6.42 Å². The fraction of sp³-hybridized carbons (Fsp3) is 0.800. The first-order valence-electron chi connectivity index (χ1n) is 4.82. The molecule has 0 aromatic heterocycles. The SMILES string of the molecule is CC(C)(C)OC(=O)N1[CH-]CCCC1.Cl.[Zn]. The maximum Gasteiger partial charge on any atom is 0.380 e. The van der Waals surface area contributed by atoms with Crippen LogP contribution in [-0.4, -0.2) is 23.1 Å². The van der Waals surface area contributed by atoms with Crippen molar-refractivity contribution in [3.05, 3.63) is 6.54 Å². The van der Waals surface area contributed by atoms with Gasteiger partial charge in [0.2, 0.25) is 0 Å². The van der Waals surface area contributed by atoms with E-state index in [0.29, 0.717) is 0 Å². The van der Waals surface area contributed by atoms with E-state index in [1.807, 2.05) is 27.3 Å². The monoisotopic (exact) mass is 284 g/mol. The second kappa shape index (κ2) is 7.46. The summed E-state index contributed by atoms with van der Waals surface area (Å²) in [5.74, 6) is 0. The summed E-state index contributed by atoms with van der Waals surface area (Å²) in [6, 6.07) is 0. The van der Waals surface area contributed by atoms with Crippen LogP contribution in [0.5, 0.6) is 0 Å². The Hall–Kier alpha value is 0.183. The topological polar surface area (TPSA) is 29.5 Å². The van der Waals surface area contributed by atoms with Gasteiger partial charge in [-0.2, -0.15) is 6.42 Å². The summed E-state index contributed by atoms with van der Waals surface area (Å²) in [6.45, 7) is 8.38. The van der Waals surface area contributed by atoms with Crippen LogP contribution in [0.15, 0.2) is 0 Å². The zero-order chi connectivity index (χ0) is 9.90. The van der Waals surface area contributed by atoms with Crippen LogP contribution in [0.3, 0.4) is 0 Å². The molecule has 0 N–H and O–H groups in total. The molecule has 1 saturated heterocycles. The summed E-state index contributed by atoms with van der Waals surface area (Å²) in [4.78, 5) is 13.2. The first-order valence-corrected chi connectivity index (χ1v) is 4.82. The quantitative estimate of drug-likeness (QED) is 0.506. The summed E-state index contributed by atoms with van der Waals surface area (Å²) in [6.07, 6.45) is 3.03. The number of carbonyl (C=O) groups is 1. The van der Waals surface area contributed by atoms with Crippen molar-refractivity contribution in [2.45, 2.75) is 45.6 Å². The van der Waals surface area contributed by atoms with Crippen molar-refractivity contribution in [3.8, 4) is 0 Å². The molecule has 1 rings (SSSR count). The van der Waals surface area contributed by atoms with Gasteiger partial charge in [0, 0.05) is 19.5 Å². The second-order valence-electron chi connectivity index (χ2n) is 4.35. The van der Waals surface area contributed by atoms with Gasteiger partial charge in [0.1, 0.15) is 5.60 Å². The molecule has 0 saturated carbocycles. The Balaban J connectivity index is 0. The van der Waals surface area contributed by atoms with Crippen LogP contribution in [0.25, 0.3) is 0 Å². The molecule has 1 amide bonds. The molecule has 0 atom stereocenters. The minimum Gasteiger partial charge on any atom is -0.458 e. The van der Waals surface area contributed by atoms with E-state index in [2.05, 4.69) is 0 Å². The number of ether oxygens (including phenoxy) is 1. The first kappa shape index (κ1) is 17.6. The molecule has 1 aliphatic rings. The smallest absolute Gasteiger partial charge is 0.380 e. The van der Waals surface area contributed by atoms with Crippen LogP contribution in [-0.2, 0) is 24.2 Å². The van der Waals surface area contributed by atoms with E-state index in [4.69, 9.17) is 4.74 Å². The number of rotatable bonds is 0. The number of nitrogens with zero attached hydrogens (tertiary/aromatic N) is 1. The number of hydrogen-bond acceptors (Lipinski definition) is 2. The van der Waals surface area contributed by atoms with Crippen LogP contribution in [0.2, 0.25) is 0 Å². The van der Waals surface area contributed by atoms with Gasteiger partial charge in [0.05, 0.1) is 0 Å². The molecule has 0 aromatic rings.